The van der Waals surface area contributed by atoms with Gasteiger partial charge in [0.1, 0.15) is 18.0 Å². The van der Waals surface area contributed by atoms with Gasteiger partial charge in [0.25, 0.3) is 5.91 Å². The lowest BCUT2D eigenvalue weighted by atomic mass is 10.0. The van der Waals surface area contributed by atoms with Gasteiger partial charge in [0.2, 0.25) is 6.29 Å². The van der Waals surface area contributed by atoms with E-state index in [-0.39, 0.29) is 12.1 Å². The van der Waals surface area contributed by atoms with Gasteiger partial charge < -0.3 is 14.6 Å². The molecule has 2 heterocycles. The Balaban J connectivity index is 1.58. The van der Waals surface area contributed by atoms with E-state index >= 15 is 4.39 Å². The topological polar surface area (TPSA) is 143 Å². The van der Waals surface area contributed by atoms with Crippen molar-refractivity contribution in [2.75, 3.05) is 17.4 Å². The number of rotatable bonds is 8. The van der Waals surface area contributed by atoms with E-state index < -0.39 is 70.2 Å². The SMILES string of the molecule is CC(C)C(=O)O[C@@H](C)OC(=O)N1CC(c2ccc(O)c(N3CC(=O)NS3(=O)=O)c2F)=C[C@@H]1CCC1CC1. The zero-order chi connectivity index (χ0) is 27.1. The van der Waals surface area contributed by atoms with Crippen molar-refractivity contribution in [2.24, 2.45) is 11.8 Å². The first-order valence-electron chi connectivity index (χ1n) is 12.1. The molecular weight excluding hydrogens is 509 g/mol. The molecule has 2 aliphatic heterocycles. The van der Waals surface area contributed by atoms with Crippen molar-refractivity contribution in [3.05, 3.63) is 29.6 Å². The maximum Gasteiger partial charge on any atom is 0.413 e. The van der Waals surface area contributed by atoms with Gasteiger partial charge in [0.05, 0.1) is 18.5 Å². The quantitative estimate of drug-likeness (QED) is 0.379. The lowest BCUT2D eigenvalue weighted by Gasteiger charge is -2.26. The van der Waals surface area contributed by atoms with E-state index in [2.05, 4.69) is 0 Å². The molecule has 3 aliphatic rings. The molecule has 37 heavy (non-hydrogen) atoms. The molecule has 1 aromatic carbocycles. The summed E-state index contributed by atoms with van der Waals surface area (Å²) in [6.45, 7) is 4.01. The number of aromatic hydroxyl groups is 1. The largest absolute Gasteiger partial charge is 0.506 e. The standard InChI is InChI=1S/C24H30FN3O8S/c1-13(2)23(31)35-14(3)36-24(32)27-11-16(10-17(27)7-6-15-4-5-15)18-8-9-19(29)22(21(18)25)28-12-20(30)26-37(28,33)34/h8-10,13-15,17,29H,4-7,11-12H2,1-3H3,(H,26,30)/t14-,17+/m1/s1. The first-order chi connectivity index (χ1) is 17.4. The number of anilines is 1. The molecule has 13 heteroatoms. The summed E-state index contributed by atoms with van der Waals surface area (Å²) in [6, 6.07) is 2.00. The number of phenolic OH excluding ortho intramolecular Hbond substituents is 1. The van der Waals surface area contributed by atoms with Gasteiger partial charge in [0, 0.05) is 12.5 Å². The summed E-state index contributed by atoms with van der Waals surface area (Å²) in [5.74, 6) is -2.89. The van der Waals surface area contributed by atoms with Crippen molar-refractivity contribution >= 4 is 39.4 Å². The Morgan fingerprint density at radius 1 is 1.16 bits per heavy atom. The summed E-state index contributed by atoms with van der Waals surface area (Å²) in [4.78, 5) is 37.9. The van der Waals surface area contributed by atoms with Crippen LogP contribution in [0.3, 0.4) is 0 Å². The van der Waals surface area contributed by atoms with Crippen LogP contribution in [0.15, 0.2) is 18.2 Å². The van der Waals surface area contributed by atoms with Crippen molar-refractivity contribution < 1.29 is 41.8 Å². The number of amides is 2. The summed E-state index contributed by atoms with van der Waals surface area (Å²) in [5.41, 5.74) is -0.283. The highest BCUT2D eigenvalue weighted by Crippen LogP contribution is 2.40. The molecule has 2 atom stereocenters. The number of carbonyl (C=O) groups is 3. The van der Waals surface area contributed by atoms with Crippen molar-refractivity contribution in [3.63, 3.8) is 0 Å². The molecule has 0 spiro atoms. The third-order valence-corrected chi connectivity index (χ3v) is 7.84. The van der Waals surface area contributed by atoms with E-state index in [1.807, 2.05) is 0 Å². The Bertz CT molecular complexity index is 1240. The van der Waals surface area contributed by atoms with Gasteiger partial charge >= 0.3 is 22.3 Å². The molecule has 0 radical (unpaired) electrons. The predicted octanol–water partition coefficient (Wildman–Crippen LogP) is 2.65. The van der Waals surface area contributed by atoms with Gasteiger partial charge in [0.15, 0.2) is 5.82 Å². The first-order valence-corrected chi connectivity index (χ1v) is 13.5. The normalized spacial score (nSPS) is 21.6. The summed E-state index contributed by atoms with van der Waals surface area (Å²) in [7, 11) is -4.36. The number of halogens is 1. The van der Waals surface area contributed by atoms with Crippen LogP contribution >= 0.6 is 0 Å². The van der Waals surface area contributed by atoms with Crippen LogP contribution in [-0.2, 0) is 29.3 Å². The molecular formula is C24H30FN3O8S. The van der Waals surface area contributed by atoms with E-state index in [1.54, 1.807) is 24.6 Å². The Morgan fingerprint density at radius 3 is 2.46 bits per heavy atom. The van der Waals surface area contributed by atoms with E-state index in [1.165, 1.54) is 17.9 Å². The Morgan fingerprint density at radius 2 is 1.86 bits per heavy atom. The number of esters is 1. The predicted molar refractivity (Wildman–Crippen MR) is 130 cm³/mol. The van der Waals surface area contributed by atoms with Gasteiger partial charge in [-0.05, 0) is 36.5 Å². The highest BCUT2D eigenvalue weighted by Gasteiger charge is 2.39. The highest BCUT2D eigenvalue weighted by molar-refractivity contribution is 7.92. The number of ether oxygens (including phenoxy) is 2. The molecule has 202 valence electrons. The third kappa shape index (κ3) is 5.81. The molecule has 2 N–H and O–H groups in total. The Labute approximate surface area is 214 Å². The fraction of sp³-hybridized carbons (Fsp3) is 0.542. The molecule has 4 rings (SSSR count). The zero-order valence-corrected chi connectivity index (χ0v) is 21.6. The average molecular weight is 540 g/mol. The van der Waals surface area contributed by atoms with Gasteiger partial charge in [-0.3, -0.25) is 14.5 Å². The second-order valence-electron chi connectivity index (χ2n) is 9.78. The molecule has 1 saturated heterocycles. The van der Waals surface area contributed by atoms with Crippen LogP contribution in [0, 0.1) is 17.7 Å². The molecule has 1 saturated carbocycles. The van der Waals surface area contributed by atoms with Gasteiger partial charge in [-0.1, -0.05) is 32.8 Å². The van der Waals surface area contributed by atoms with Crippen LogP contribution in [0.25, 0.3) is 5.57 Å². The van der Waals surface area contributed by atoms with E-state index in [4.69, 9.17) is 9.47 Å². The third-order valence-electron chi connectivity index (χ3n) is 6.47. The Hall–Kier alpha value is -3.35. The fourth-order valence-corrected chi connectivity index (χ4v) is 5.49. The molecule has 11 nitrogen and oxygen atoms in total. The molecule has 1 aliphatic carbocycles. The molecule has 1 aromatic rings. The van der Waals surface area contributed by atoms with Crippen LogP contribution in [0.5, 0.6) is 5.75 Å². The number of nitrogens with zero attached hydrogens (tertiary/aromatic N) is 2. The summed E-state index contributed by atoms with van der Waals surface area (Å²) in [6.07, 6.45) is 3.54. The molecule has 0 aromatic heterocycles. The van der Waals surface area contributed by atoms with Crippen molar-refractivity contribution in [3.8, 4) is 5.75 Å². The number of nitrogens with one attached hydrogen (secondary N) is 1. The fourth-order valence-electron chi connectivity index (χ4n) is 4.32. The number of hydrogen-bond acceptors (Lipinski definition) is 8. The molecule has 2 amide bonds. The lowest BCUT2D eigenvalue weighted by molar-refractivity contribution is -0.169. The summed E-state index contributed by atoms with van der Waals surface area (Å²) in [5, 5.41) is 10.3. The molecule has 2 fully saturated rings. The second kappa shape index (κ2) is 10.2. The number of benzene rings is 1. The average Bonchev–Trinajstić information content (AvgIpc) is 3.46. The number of hydrogen-bond donors (Lipinski definition) is 2. The van der Waals surface area contributed by atoms with Crippen LogP contribution in [0.2, 0.25) is 0 Å². The van der Waals surface area contributed by atoms with Crippen molar-refractivity contribution in [1.29, 1.82) is 0 Å². The number of carbonyl (C=O) groups excluding carboxylic acids is 3. The van der Waals surface area contributed by atoms with Crippen molar-refractivity contribution in [1.82, 2.24) is 9.62 Å². The molecule has 0 bridgehead atoms. The minimum atomic E-state index is -4.36. The zero-order valence-electron chi connectivity index (χ0n) is 20.8. The van der Waals surface area contributed by atoms with Gasteiger partial charge in [-0.2, -0.15) is 8.42 Å². The highest BCUT2D eigenvalue weighted by atomic mass is 32.2. The maximum absolute atomic E-state index is 15.7. The van der Waals surface area contributed by atoms with Crippen LogP contribution in [0.1, 0.15) is 52.0 Å². The number of phenols is 1. The summed E-state index contributed by atoms with van der Waals surface area (Å²) >= 11 is 0. The minimum absolute atomic E-state index is 0.0200. The monoisotopic (exact) mass is 539 g/mol. The minimum Gasteiger partial charge on any atom is -0.506 e. The van der Waals surface area contributed by atoms with Gasteiger partial charge in [-0.15, -0.1) is 0 Å². The van der Waals surface area contributed by atoms with Gasteiger partial charge in [-0.25, -0.2) is 18.2 Å². The van der Waals surface area contributed by atoms with E-state index in [9.17, 15) is 27.9 Å². The first kappa shape index (κ1) is 26.7. The van der Waals surface area contributed by atoms with Crippen molar-refractivity contribution in [2.45, 2.75) is 58.8 Å². The summed E-state index contributed by atoms with van der Waals surface area (Å²) < 4.78 is 52.9. The smallest absolute Gasteiger partial charge is 0.413 e. The van der Waals surface area contributed by atoms with E-state index in [0.717, 1.165) is 25.3 Å². The Kier molecular flexibility index (Phi) is 7.36. The van der Waals surface area contributed by atoms with Crippen LogP contribution in [-0.4, -0.2) is 61.8 Å². The molecule has 0 unspecified atom stereocenters. The maximum atomic E-state index is 15.7. The second-order valence-corrected chi connectivity index (χ2v) is 11.4. The lowest BCUT2D eigenvalue weighted by Crippen LogP contribution is -2.39. The van der Waals surface area contributed by atoms with Crippen LogP contribution < -0.4 is 9.03 Å². The van der Waals surface area contributed by atoms with E-state index in [0.29, 0.717) is 22.2 Å². The van der Waals surface area contributed by atoms with Crippen LogP contribution in [0.4, 0.5) is 14.9 Å².